The van der Waals surface area contributed by atoms with E-state index >= 15 is 0 Å². The lowest BCUT2D eigenvalue weighted by atomic mass is 10.1. The van der Waals surface area contributed by atoms with Gasteiger partial charge in [-0.1, -0.05) is 13.8 Å². The molecule has 0 saturated heterocycles. The molecule has 2 unspecified atom stereocenters. The first-order valence-corrected chi connectivity index (χ1v) is 6.15. The number of aromatic nitrogens is 1. The van der Waals surface area contributed by atoms with Gasteiger partial charge in [0.05, 0.1) is 16.7 Å². The molecule has 1 aromatic rings. The van der Waals surface area contributed by atoms with Gasteiger partial charge in [-0.15, -0.1) is 11.3 Å². The van der Waals surface area contributed by atoms with E-state index in [1.807, 2.05) is 33.1 Å². The van der Waals surface area contributed by atoms with Gasteiger partial charge in [0, 0.05) is 11.3 Å². The Bertz CT molecular complexity index is 335. The lowest BCUT2D eigenvalue weighted by Crippen LogP contribution is -2.31. The van der Waals surface area contributed by atoms with Crippen LogP contribution in [-0.2, 0) is 4.79 Å². The van der Waals surface area contributed by atoms with Crippen LogP contribution in [0, 0.1) is 12.8 Å². The first-order chi connectivity index (χ1) is 7.04. The molecule has 0 spiro atoms. The van der Waals surface area contributed by atoms with Gasteiger partial charge in [0.1, 0.15) is 0 Å². The van der Waals surface area contributed by atoms with Crippen LogP contribution in [0.25, 0.3) is 0 Å². The molecule has 0 aliphatic heterocycles. The molecular formula is C11H18N2OS. The lowest BCUT2D eigenvalue weighted by molar-refractivity contribution is -0.125. The number of nitrogens with zero attached hydrogens (tertiary/aromatic N) is 1. The van der Waals surface area contributed by atoms with Crippen molar-refractivity contribution in [3.8, 4) is 0 Å². The van der Waals surface area contributed by atoms with E-state index in [0.717, 1.165) is 17.1 Å². The Morgan fingerprint density at radius 2 is 2.27 bits per heavy atom. The van der Waals surface area contributed by atoms with Gasteiger partial charge in [0.2, 0.25) is 5.91 Å². The van der Waals surface area contributed by atoms with Crippen LogP contribution in [0.3, 0.4) is 0 Å². The van der Waals surface area contributed by atoms with Gasteiger partial charge in [-0.3, -0.25) is 4.79 Å². The van der Waals surface area contributed by atoms with Crippen molar-refractivity contribution in [1.29, 1.82) is 0 Å². The van der Waals surface area contributed by atoms with Crippen LogP contribution < -0.4 is 5.32 Å². The molecule has 84 valence electrons. The highest BCUT2D eigenvalue weighted by atomic mass is 32.1. The Morgan fingerprint density at radius 1 is 1.60 bits per heavy atom. The van der Waals surface area contributed by atoms with Gasteiger partial charge in [0.15, 0.2) is 0 Å². The Morgan fingerprint density at radius 3 is 2.73 bits per heavy atom. The van der Waals surface area contributed by atoms with Gasteiger partial charge in [0.25, 0.3) is 0 Å². The van der Waals surface area contributed by atoms with E-state index < -0.39 is 0 Å². The fourth-order valence-electron chi connectivity index (χ4n) is 1.19. The maximum atomic E-state index is 11.6. The monoisotopic (exact) mass is 226 g/mol. The van der Waals surface area contributed by atoms with Crippen LogP contribution in [-0.4, -0.2) is 10.9 Å². The Kier molecular flexibility index (Phi) is 4.27. The SMILES string of the molecule is CCC(C)C(=O)NC(C)c1csc(C)n1. The molecule has 0 fully saturated rings. The number of carbonyl (C=O) groups excluding carboxylic acids is 1. The highest BCUT2D eigenvalue weighted by Crippen LogP contribution is 2.16. The summed E-state index contributed by atoms with van der Waals surface area (Å²) in [5.74, 6) is 0.183. The van der Waals surface area contributed by atoms with Crippen LogP contribution in [0.1, 0.15) is 43.9 Å². The molecule has 1 rings (SSSR count). The molecule has 1 heterocycles. The first kappa shape index (κ1) is 12.2. The molecule has 1 N–H and O–H groups in total. The second kappa shape index (κ2) is 5.26. The zero-order valence-corrected chi connectivity index (χ0v) is 10.5. The van der Waals surface area contributed by atoms with Crippen molar-refractivity contribution in [3.05, 3.63) is 16.1 Å². The predicted molar refractivity (Wildman–Crippen MR) is 62.9 cm³/mol. The molecule has 0 aliphatic carbocycles. The van der Waals surface area contributed by atoms with Crippen molar-refractivity contribution in [2.45, 2.75) is 40.2 Å². The third kappa shape index (κ3) is 3.30. The van der Waals surface area contributed by atoms with Crippen LogP contribution in [0.4, 0.5) is 0 Å². The summed E-state index contributed by atoms with van der Waals surface area (Å²) in [7, 11) is 0. The summed E-state index contributed by atoms with van der Waals surface area (Å²) < 4.78 is 0. The standard InChI is InChI=1S/C11H18N2OS/c1-5-7(2)11(14)12-8(3)10-6-15-9(4)13-10/h6-8H,5H2,1-4H3,(H,12,14). The second-order valence-electron chi connectivity index (χ2n) is 3.83. The van der Waals surface area contributed by atoms with Gasteiger partial charge in [-0.25, -0.2) is 4.98 Å². The first-order valence-electron chi connectivity index (χ1n) is 5.27. The predicted octanol–water partition coefficient (Wildman–Crippen LogP) is 2.67. The zero-order valence-electron chi connectivity index (χ0n) is 9.70. The van der Waals surface area contributed by atoms with Gasteiger partial charge >= 0.3 is 0 Å². The Hall–Kier alpha value is -0.900. The average Bonchev–Trinajstić information content (AvgIpc) is 2.63. The number of hydrogen-bond donors (Lipinski definition) is 1. The van der Waals surface area contributed by atoms with E-state index in [0.29, 0.717) is 0 Å². The maximum absolute atomic E-state index is 11.6. The number of rotatable bonds is 4. The fourth-order valence-corrected chi connectivity index (χ4v) is 1.90. The van der Waals surface area contributed by atoms with Crippen molar-refractivity contribution in [3.63, 3.8) is 0 Å². The molecule has 2 atom stereocenters. The number of aryl methyl sites for hydroxylation is 1. The van der Waals surface area contributed by atoms with Crippen LogP contribution in [0.2, 0.25) is 0 Å². The normalized spacial score (nSPS) is 14.7. The molecule has 0 aliphatic rings. The Labute approximate surface area is 94.9 Å². The second-order valence-corrected chi connectivity index (χ2v) is 4.89. The number of carbonyl (C=O) groups is 1. The molecule has 1 amide bonds. The minimum Gasteiger partial charge on any atom is -0.348 e. The summed E-state index contributed by atoms with van der Waals surface area (Å²) in [4.78, 5) is 16.0. The number of hydrogen-bond acceptors (Lipinski definition) is 3. The maximum Gasteiger partial charge on any atom is 0.223 e. The van der Waals surface area contributed by atoms with Crippen molar-refractivity contribution < 1.29 is 4.79 Å². The van der Waals surface area contributed by atoms with E-state index in [-0.39, 0.29) is 17.9 Å². The molecule has 0 saturated carbocycles. The summed E-state index contributed by atoms with van der Waals surface area (Å²) in [5.41, 5.74) is 0.953. The molecule has 3 nitrogen and oxygen atoms in total. The molecule has 1 aromatic heterocycles. The quantitative estimate of drug-likeness (QED) is 0.857. The Balaban J connectivity index is 2.56. The number of amides is 1. The van der Waals surface area contributed by atoms with E-state index in [1.165, 1.54) is 0 Å². The highest BCUT2D eigenvalue weighted by Gasteiger charge is 2.15. The summed E-state index contributed by atoms with van der Waals surface area (Å²) in [6, 6.07) is 0.0106. The lowest BCUT2D eigenvalue weighted by Gasteiger charge is -2.14. The van der Waals surface area contributed by atoms with E-state index in [4.69, 9.17) is 0 Å². The van der Waals surface area contributed by atoms with Gasteiger partial charge in [-0.2, -0.15) is 0 Å². The molecule has 4 heteroatoms. The topological polar surface area (TPSA) is 42.0 Å². The van der Waals surface area contributed by atoms with Crippen LogP contribution in [0.5, 0.6) is 0 Å². The molecule has 0 aromatic carbocycles. The average molecular weight is 226 g/mol. The highest BCUT2D eigenvalue weighted by molar-refractivity contribution is 7.09. The summed E-state index contributed by atoms with van der Waals surface area (Å²) in [6.07, 6.45) is 0.870. The molecular weight excluding hydrogens is 208 g/mol. The van der Waals surface area contributed by atoms with Crippen molar-refractivity contribution in [2.75, 3.05) is 0 Å². The van der Waals surface area contributed by atoms with Gasteiger partial charge in [-0.05, 0) is 20.3 Å². The fraction of sp³-hybridized carbons (Fsp3) is 0.636. The summed E-state index contributed by atoms with van der Waals surface area (Å²) in [6.45, 7) is 7.89. The third-order valence-electron chi connectivity index (χ3n) is 2.50. The van der Waals surface area contributed by atoms with E-state index in [1.54, 1.807) is 11.3 Å². The minimum atomic E-state index is 0.0106. The van der Waals surface area contributed by atoms with Crippen molar-refractivity contribution in [1.82, 2.24) is 10.3 Å². The van der Waals surface area contributed by atoms with Crippen molar-refractivity contribution in [2.24, 2.45) is 5.92 Å². The molecule has 15 heavy (non-hydrogen) atoms. The number of nitrogens with one attached hydrogen (secondary N) is 1. The largest absolute Gasteiger partial charge is 0.348 e. The van der Waals surface area contributed by atoms with E-state index in [2.05, 4.69) is 10.3 Å². The minimum absolute atomic E-state index is 0.0106. The third-order valence-corrected chi connectivity index (χ3v) is 3.29. The van der Waals surface area contributed by atoms with Crippen LogP contribution >= 0.6 is 11.3 Å². The smallest absolute Gasteiger partial charge is 0.223 e. The number of thiazole rings is 1. The summed E-state index contributed by atoms with van der Waals surface area (Å²) >= 11 is 1.61. The molecule has 0 bridgehead atoms. The molecule has 0 radical (unpaired) electrons. The van der Waals surface area contributed by atoms with E-state index in [9.17, 15) is 4.79 Å². The van der Waals surface area contributed by atoms with Gasteiger partial charge < -0.3 is 5.32 Å². The zero-order chi connectivity index (χ0) is 11.4. The van der Waals surface area contributed by atoms with Crippen LogP contribution in [0.15, 0.2) is 5.38 Å². The summed E-state index contributed by atoms with van der Waals surface area (Å²) in [5, 5.41) is 6.00. The van der Waals surface area contributed by atoms with Crippen molar-refractivity contribution >= 4 is 17.2 Å².